The number of imide groups is 1. The first-order chi connectivity index (χ1) is 8.97. The molecular formula is C13H13FN2O3. The molecule has 0 saturated carbocycles. The predicted molar refractivity (Wildman–Crippen MR) is 64.2 cm³/mol. The van der Waals surface area contributed by atoms with E-state index in [1.54, 1.807) is 0 Å². The van der Waals surface area contributed by atoms with Gasteiger partial charge in [0, 0.05) is 6.92 Å². The van der Waals surface area contributed by atoms with Gasteiger partial charge in [-0.2, -0.15) is 0 Å². The standard InChI is InChI=1S/C13H13FN2O3/c1-8(17)15-11-6-12(18)16(13(11)19)7-9-2-4-10(14)5-3-9/h2-5,11H,6-7H2,1H3,(H,15,17). The van der Waals surface area contributed by atoms with E-state index >= 15 is 0 Å². The predicted octanol–water partition coefficient (Wildman–Crippen LogP) is 0.589. The van der Waals surface area contributed by atoms with Crippen molar-refractivity contribution in [3.8, 4) is 0 Å². The summed E-state index contributed by atoms with van der Waals surface area (Å²) in [4.78, 5) is 35.7. The van der Waals surface area contributed by atoms with Crippen LogP contribution in [-0.4, -0.2) is 28.7 Å². The van der Waals surface area contributed by atoms with Crippen molar-refractivity contribution in [1.82, 2.24) is 10.2 Å². The van der Waals surface area contributed by atoms with Gasteiger partial charge >= 0.3 is 0 Å². The highest BCUT2D eigenvalue weighted by Crippen LogP contribution is 2.17. The van der Waals surface area contributed by atoms with Crippen LogP contribution in [0.3, 0.4) is 0 Å². The number of hydrogen-bond acceptors (Lipinski definition) is 3. The molecule has 0 spiro atoms. The molecule has 1 aliphatic heterocycles. The van der Waals surface area contributed by atoms with Gasteiger partial charge in [-0.25, -0.2) is 4.39 Å². The highest BCUT2D eigenvalue weighted by molar-refractivity contribution is 6.06. The molecule has 1 aromatic carbocycles. The van der Waals surface area contributed by atoms with Crippen molar-refractivity contribution in [3.63, 3.8) is 0 Å². The molecule has 1 N–H and O–H groups in total. The summed E-state index contributed by atoms with van der Waals surface area (Å²) in [5, 5.41) is 2.44. The number of nitrogens with one attached hydrogen (secondary N) is 1. The van der Waals surface area contributed by atoms with Gasteiger partial charge in [-0.15, -0.1) is 0 Å². The first kappa shape index (κ1) is 13.2. The van der Waals surface area contributed by atoms with E-state index in [9.17, 15) is 18.8 Å². The maximum Gasteiger partial charge on any atom is 0.252 e. The van der Waals surface area contributed by atoms with Gasteiger partial charge in [-0.05, 0) is 17.7 Å². The molecule has 1 heterocycles. The summed E-state index contributed by atoms with van der Waals surface area (Å²) < 4.78 is 12.8. The average molecular weight is 264 g/mol. The number of hydrogen-bond donors (Lipinski definition) is 1. The number of nitrogens with zero attached hydrogens (tertiary/aromatic N) is 1. The summed E-state index contributed by atoms with van der Waals surface area (Å²) in [5.74, 6) is -1.49. The maximum absolute atomic E-state index is 12.8. The fourth-order valence-electron chi connectivity index (χ4n) is 1.98. The van der Waals surface area contributed by atoms with E-state index in [1.165, 1.54) is 31.2 Å². The molecule has 1 atom stereocenters. The zero-order chi connectivity index (χ0) is 14.0. The average Bonchev–Trinajstić information content (AvgIpc) is 2.59. The molecule has 0 aliphatic carbocycles. The van der Waals surface area contributed by atoms with E-state index in [2.05, 4.69) is 5.32 Å². The van der Waals surface area contributed by atoms with Crippen molar-refractivity contribution in [1.29, 1.82) is 0 Å². The van der Waals surface area contributed by atoms with E-state index in [0.29, 0.717) is 5.56 Å². The lowest BCUT2D eigenvalue weighted by Crippen LogP contribution is -2.40. The van der Waals surface area contributed by atoms with Crippen LogP contribution < -0.4 is 5.32 Å². The summed E-state index contributed by atoms with van der Waals surface area (Å²) in [6.45, 7) is 1.38. The van der Waals surface area contributed by atoms with Crippen LogP contribution >= 0.6 is 0 Å². The largest absolute Gasteiger partial charge is 0.344 e. The highest BCUT2D eigenvalue weighted by atomic mass is 19.1. The molecular weight excluding hydrogens is 251 g/mol. The van der Waals surface area contributed by atoms with Crippen molar-refractivity contribution >= 4 is 17.7 Å². The Balaban J connectivity index is 2.08. The molecule has 1 saturated heterocycles. The Kier molecular flexibility index (Phi) is 3.59. The van der Waals surface area contributed by atoms with E-state index in [4.69, 9.17) is 0 Å². The smallest absolute Gasteiger partial charge is 0.252 e. The van der Waals surface area contributed by atoms with E-state index in [1.807, 2.05) is 0 Å². The number of carbonyl (C=O) groups is 3. The normalized spacial score (nSPS) is 18.8. The Morgan fingerprint density at radius 2 is 2.00 bits per heavy atom. The third-order valence-corrected chi connectivity index (χ3v) is 2.88. The van der Waals surface area contributed by atoms with Crippen molar-refractivity contribution in [3.05, 3.63) is 35.6 Å². The molecule has 1 aliphatic rings. The summed E-state index contributed by atoms with van der Waals surface area (Å²) in [7, 11) is 0. The van der Waals surface area contributed by atoms with Crippen LogP contribution in [0.4, 0.5) is 4.39 Å². The fraction of sp³-hybridized carbons (Fsp3) is 0.308. The van der Waals surface area contributed by atoms with Crippen molar-refractivity contribution in [2.75, 3.05) is 0 Å². The van der Waals surface area contributed by atoms with Crippen LogP contribution in [0.25, 0.3) is 0 Å². The lowest BCUT2D eigenvalue weighted by molar-refractivity contribution is -0.140. The van der Waals surface area contributed by atoms with Crippen LogP contribution in [0.1, 0.15) is 18.9 Å². The van der Waals surface area contributed by atoms with Gasteiger partial charge in [0.05, 0.1) is 13.0 Å². The third-order valence-electron chi connectivity index (χ3n) is 2.88. The summed E-state index contributed by atoms with van der Waals surface area (Å²) in [6.07, 6.45) is -0.0282. The molecule has 1 aromatic rings. The molecule has 100 valence electrons. The minimum atomic E-state index is -0.787. The number of amides is 3. The zero-order valence-electron chi connectivity index (χ0n) is 10.4. The Morgan fingerprint density at radius 3 is 2.58 bits per heavy atom. The fourth-order valence-corrected chi connectivity index (χ4v) is 1.98. The topological polar surface area (TPSA) is 66.5 Å². The molecule has 3 amide bonds. The molecule has 19 heavy (non-hydrogen) atoms. The number of benzene rings is 1. The Bertz CT molecular complexity index is 527. The first-order valence-electron chi connectivity index (χ1n) is 5.83. The second kappa shape index (κ2) is 5.17. The third kappa shape index (κ3) is 2.96. The monoisotopic (exact) mass is 264 g/mol. The molecule has 2 rings (SSSR count). The van der Waals surface area contributed by atoms with Gasteiger partial charge in [0.2, 0.25) is 11.8 Å². The van der Waals surface area contributed by atoms with Gasteiger partial charge < -0.3 is 5.32 Å². The van der Waals surface area contributed by atoms with E-state index in [0.717, 1.165) is 4.90 Å². The van der Waals surface area contributed by atoms with Crippen molar-refractivity contribution in [2.24, 2.45) is 0 Å². The van der Waals surface area contributed by atoms with Gasteiger partial charge in [0.25, 0.3) is 5.91 Å². The Labute approximate surface area is 109 Å². The second-order valence-electron chi connectivity index (χ2n) is 4.40. The number of carbonyl (C=O) groups excluding carboxylic acids is 3. The Hall–Kier alpha value is -2.24. The quantitative estimate of drug-likeness (QED) is 0.812. The van der Waals surface area contributed by atoms with Crippen LogP contribution in [0, 0.1) is 5.82 Å². The zero-order valence-corrected chi connectivity index (χ0v) is 10.4. The SMILES string of the molecule is CC(=O)NC1CC(=O)N(Cc2ccc(F)cc2)C1=O. The minimum absolute atomic E-state index is 0.0282. The number of halogens is 1. The highest BCUT2D eigenvalue weighted by Gasteiger charge is 2.38. The number of likely N-dealkylation sites (tertiary alicyclic amines) is 1. The van der Waals surface area contributed by atoms with Crippen LogP contribution in [0.5, 0.6) is 0 Å². The van der Waals surface area contributed by atoms with Crippen LogP contribution in [0.15, 0.2) is 24.3 Å². The van der Waals surface area contributed by atoms with E-state index in [-0.39, 0.29) is 30.6 Å². The van der Waals surface area contributed by atoms with Gasteiger partial charge in [0.15, 0.2) is 0 Å². The maximum atomic E-state index is 12.8. The minimum Gasteiger partial charge on any atom is -0.344 e. The summed E-state index contributed by atoms with van der Waals surface area (Å²) in [6, 6.07) is 4.78. The van der Waals surface area contributed by atoms with Crippen molar-refractivity contribution < 1.29 is 18.8 Å². The first-order valence-corrected chi connectivity index (χ1v) is 5.83. The summed E-state index contributed by atoms with van der Waals surface area (Å²) in [5.41, 5.74) is 0.659. The van der Waals surface area contributed by atoms with Gasteiger partial charge in [-0.3, -0.25) is 19.3 Å². The molecule has 6 heteroatoms. The lowest BCUT2D eigenvalue weighted by Gasteiger charge is -2.15. The molecule has 0 aromatic heterocycles. The van der Waals surface area contributed by atoms with Crippen molar-refractivity contribution in [2.45, 2.75) is 25.9 Å². The lowest BCUT2D eigenvalue weighted by atomic mass is 10.2. The van der Waals surface area contributed by atoms with Gasteiger partial charge in [0.1, 0.15) is 11.9 Å². The van der Waals surface area contributed by atoms with Gasteiger partial charge in [-0.1, -0.05) is 12.1 Å². The molecule has 5 nitrogen and oxygen atoms in total. The van der Waals surface area contributed by atoms with E-state index < -0.39 is 11.9 Å². The second-order valence-corrected chi connectivity index (χ2v) is 4.40. The Morgan fingerprint density at radius 1 is 1.37 bits per heavy atom. The molecule has 1 fully saturated rings. The van der Waals surface area contributed by atoms with Crippen LogP contribution in [0.2, 0.25) is 0 Å². The molecule has 0 radical (unpaired) electrons. The molecule has 0 bridgehead atoms. The molecule has 1 unspecified atom stereocenters. The number of rotatable bonds is 3. The van der Waals surface area contributed by atoms with Crippen LogP contribution in [-0.2, 0) is 20.9 Å². The summed E-state index contributed by atoms with van der Waals surface area (Å²) >= 11 is 0.